The molecule has 0 N–H and O–H groups in total. The molecule has 0 bridgehead atoms. The first kappa shape index (κ1) is 10.4. The molecule has 3 heteroatoms. The molecule has 0 aliphatic heterocycles. The van der Waals surface area contributed by atoms with E-state index < -0.39 is 0 Å². The van der Waals surface area contributed by atoms with Crippen molar-refractivity contribution < 1.29 is 9.47 Å². The lowest BCUT2D eigenvalue weighted by atomic mass is 10.2. The predicted octanol–water partition coefficient (Wildman–Crippen LogP) is 2.36. The maximum Gasteiger partial charge on any atom is 0.178 e. The third-order valence-corrected chi connectivity index (χ3v) is 1.77. The Morgan fingerprint density at radius 3 is 2.79 bits per heavy atom. The van der Waals surface area contributed by atoms with Crippen LogP contribution in [0, 0.1) is 11.3 Å². The first-order chi connectivity index (χ1) is 6.83. The average Bonchev–Trinajstić information content (AvgIpc) is 2.25. The van der Waals surface area contributed by atoms with Crippen LogP contribution in [0.5, 0.6) is 11.5 Å². The van der Waals surface area contributed by atoms with Crippen molar-refractivity contribution in [2.24, 2.45) is 0 Å². The fourth-order valence-corrected chi connectivity index (χ4v) is 1.12. The Balaban J connectivity index is 3.01. The molecule has 0 fully saturated rings. The summed E-state index contributed by atoms with van der Waals surface area (Å²) in [5.41, 5.74) is 0.512. The first-order valence-corrected chi connectivity index (χ1v) is 4.53. The third-order valence-electron chi connectivity index (χ3n) is 1.77. The summed E-state index contributed by atoms with van der Waals surface area (Å²) in [5.74, 6) is 1.15. The molecule has 0 saturated carbocycles. The molecule has 0 saturated heterocycles. The maximum atomic E-state index is 8.85. The second-order valence-electron chi connectivity index (χ2n) is 2.80. The minimum absolute atomic E-state index is 0.512. The first-order valence-electron chi connectivity index (χ1n) is 4.53. The number of hydrogen-bond donors (Lipinski definition) is 0. The van der Waals surface area contributed by atoms with E-state index in [1.807, 2.05) is 6.92 Å². The highest BCUT2D eigenvalue weighted by Crippen LogP contribution is 2.30. The molecule has 0 aromatic heterocycles. The van der Waals surface area contributed by atoms with Gasteiger partial charge in [0.2, 0.25) is 0 Å². The van der Waals surface area contributed by atoms with E-state index in [9.17, 15) is 0 Å². The maximum absolute atomic E-state index is 8.85. The Bertz CT molecular complexity index is 342. The van der Waals surface area contributed by atoms with Crippen LogP contribution in [0.25, 0.3) is 0 Å². The Hall–Kier alpha value is -1.69. The molecule has 14 heavy (non-hydrogen) atoms. The highest BCUT2D eigenvalue weighted by Gasteiger charge is 2.09. The highest BCUT2D eigenvalue weighted by atomic mass is 16.5. The van der Waals surface area contributed by atoms with Crippen LogP contribution >= 0.6 is 0 Å². The van der Waals surface area contributed by atoms with E-state index in [0.717, 1.165) is 6.42 Å². The molecule has 0 amide bonds. The Morgan fingerprint density at radius 2 is 2.21 bits per heavy atom. The molecular formula is C11H13NO2. The average molecular weight is 191 g/mol. The van der Waals surface area contributed by atoms with Crippen molar-refractivity contribution in [2.75, 3.05) is 13.7 Å². The van der Waals surface area contributed by atoms with Crippen molar-refractivity contribution in [3.8, 4) is 17.6 Å². The van der Waals surface area contributed by atoms with Crippen LogP contribution in [-0.4, -0.2) is 13.7 Å². The second kappa shape index (κ2) is 5.13. The molecule has 0 aliphatic rings. The summed E-state index contributed by atoms with van der Waals surface area (Å²) in [6.07, 6.45) is 0.906. The SMILES string of the molecule is CCCOc1c(C#N)cccc1OC. The van der Waals surface area contributed by atoms with Gasteiger partial charge in [-0.05, 0) is 18.6 Å². The van der Waals surface area contributed by atoms with Gasteiger partial charge in [-0.3, -0.25) is 0 Å². The minimum atomic E-state index is 0.512. The summed E-state index contributed by atoms with van der Waals surface area (Å²) in [7, 11) is 1.56. The molecule has 74 valence electrons. The second-order valence-corrected chi connectivity index (χ2v) is 2.80. The summed E-state index contributed by atoms with van der Waals surface area (Å²) in [6, 6.07) is 7.35. The van der Waals surface area contributed by atoms with Crippen LogP contribution in [0.3, 0.4) is 0 Å². The van der Waals surface area contributed by atoms with Crippen molar-refractivity contribution in [3.63, 3.8) is 0 Å². The lowest BCUT2D eigenvalue weighted by Crippen LogP contribution is -1.99. The smallest absolute Gasteiger partial charge is 0.178 e. The monoisotopic (exact) mass is 191 g/mol. The van der Waals surface area contributed by atoms with Gasteiger partial charge in [0, 0.05) is 0 Å². The molecule has 3 nitrogen and oxygen atoms in total. The molecular weight excluding hydrogens is 178 g/mol. The molecule has 0 radical (unpaired) electrons. The van der Waals surface area contributed by atoms with Crippen LogP contribution in [0.2, 0.25) is 0 Å². The summed E-state index contributed by atoms with van der Waals surface area (Å²) < 4.78 is 10.6. The number of para-hydroxylation sites is 1. The number of methoxy groups -OCH3 is 1. The molecule has 0 heterocycles. The van der Waals surface area contributed by atoms with E-state index in [2.05, 4.69) is 6.07 Å². The van der Waals surface area contributed by atoms with Crippen molar-refractivity contribution >= 4 is 0 Å². The van der Waals surface area contributed by atoms with Gasteiger partial charge < -0.3 is 9.47 Å². The number of ether oxygens (including phenoxy) is 2. The summed E-state index contributed by atoms with van der Waals surface area (Å²) in [5, 5.41) is 8.85. The van der Waals surface area contributed by atoms with Gasteiger partial charge in [0.15, 0.2) is 11.5 Å². The molecule has 1 aromatic carbocycles. The van der Waals surface area contributed by atoms with E-state index in [1.54, 1.807) is 25.3 Å². The van der Waals surface area contributed by atoms with E-state index in [1.165, 1.54) is 0 Å². The van der Waals surface area contributed by atoms with Gasteiger partial charge in [0.05, 0.1) is 19.3 Å². The summed E-state index contributed by atoms with van der Waals surface area (Å²) in [6.45, 7) is 2.61. The number of nitriles is 1. The molecule has 1 rings (SSSR count). The van der Waals surface area contributed by atoms with Crippen molar-refractivity contribution in [1.29, 1.82) is 5.26 Å². The van der Waals surface area contributed by atoms with Gasteiger partial charge in [-0.25, -0.2) is 0 Å². The molecule has 1 aromatic rings. The Labute approximate surface area is 83.9 Å². The quantitative estimate of drug-likeness (QED) is 0.733. The zero-order valence-electron chi connectivity index (χ0n) is 8.41. The number of rotatable bonds is 4. The molecule has 0 aliphatic carbocycles. The van der Waals surface area contributed by atoms with Crippen molar-refractivity contribution in [2.45, 2.75) is 13.3 Å². The van der Waals surface area contributed by atoms with Gasteiger partial charge in [0.25, 0.3) is 0 Å². The van der Waals surface area contributed by atoms with E-state index >= 15 is 0 Å². The van der Waals surface area contributed by atoms with Gasteiger partial charge in [-0.2, -0.15) is 5.26 Å². The van der Waals surface area contributed by atoms with Gasteiger partial charge in [0.1, 0.15) is 6.07 Å². The topological polar surface area (TPSA) is 42.2 Å². The molecule has 0 unspecified atom stereocenters. The van der Waals surface area contributed by atoms with E-state index in [0.29, 0.717) is 23.7 Å². The number of nitrogens with zero attached hydrogens (tertiary/aromatic N) is 1. The normalized spacial score (nSPS) is 9.21. The Morgan fingerprint density at radius 1 is 1.43 bits per heavy atom. The predicted molar refractivity (Wildman–Crippen MR) is 53.5 cm³/mol. The zero-order valence-corrected chi connectivity index (χ0v) is 8.41. The lowest BCUT2D eigenvalue weighted by Gasteiger charge is -2.10. The zero-order chi connectivity index (χ0) is 10.4. The lowest BCUT2D eigenvalue weighted by molar-refractivity contribution is 0.293. The standard InChI is InChI=1S/C11H13NO2/c1-3-7-14-11-9(8-12)5-4-6-10(11)13-2/h4-6H,3,7H2,1-2H3. The van der Waals surface area contributed by atoms with Gasteiger partial charge >= 0.3 is 0 Å². The summed E-state index contributed by atoms with van der Waals surface area (Å²) in [4.78, 5) is 0. The Kier molecular flexibility index (Phi) is 3.81. The van der Waals surface area contributed by atoms with Crippen LogP contribution in [0.4, 0.5) is 0 Å². The summed E-state index contributed by atoms with van der Waals surface area (Å²) >= 11 is 0. The van der Waals surface area contributed by atoms with Crippen LogP contribution in [0.15, 0.2) is 18.2 Å². The van der Waals surface area contributed by atoms with Gasteiger partial charge in [-0.15, -0.1) is 0 Å². The van der Waals surface area contributed by atoms with Crippen molar-refractivity contribution in [1.82, 2.24) is 0 Å². The highest BCUT2D eigenvalue weighted by molar-refractivity contribution is 5.52. The largest absolute Gasteiger partial charge is 0.493 e. The molecule has 0 spiro atoms. The molecule has 0 atom stereocenters. The number of hydrogen-bond acceptors (Lipinski definition) is 3. The van der Waals surface area contributed by atoms with Crippen molar-refractivity contribution in [3.05, 3.63) is 23.8 Å². The van der Waals surface area contributed by atoms with Crippen LogP contribution in [-0.2, 0) is 0 Å². The fraction of sp³-hybridized carbons (Fsp3) is 0.364. The van der Waals surface area contributed by atoms with E-state index in [4.69, 9.17) is 14.7 Å². The van der Waals surface area contributed by atoms with Crippen LogP contribution in [0.1, 0.15) is 18.9 Å². The van der Waals surface area contributed by atoms with Crippen LogP contribution < -0.4 is 9.47 Å². The fourth-order valence-electron chi connectivity index (χ4n) is 1.12. The minimum Gasteiger partial charge on any atom is -0.493 e. The van der Waals surface area contributed by atoms with Gasteiger partial charge in [-0.1, -0.05) is 13.0 Å². The number of benzene rings is 1. The third kappa shape index (κ3) is 2.17. The van der Waals surface area contributed by atoms with E-state index in [-0.39, 0.29) is 0 Å².